The average molecular weight is 382 g/mol. The first-order chi connectivity index (χ1) is 13.6. The Morgan fingerprint density at radius 2 is 2.04 bits per heavy atom. The van der Waals surface area contributed by atoms with Crippen LogP contribution >= 0.6 is 0 Å². The molecule has 3 aromatic heterocycles. The zero-order valence-electron chi connectivity index (χ0n) is 16.4. The van der Waals surface area contributed by atoms with Crippen molar-refractivity contribution in [3.05, 3.63) is 35.9 Å². The lowest BCUT2D eigenvalue weighted by atomic mass is 9.96. The number of amides is 1. The number of anilines is 1. The average Bonchev–Trinajstić information content (AvgIpc) is 3.30. The number of piperidine rings is 1. The van der Waals surface area contributed by atoms with E-state index in [4.69, 9.17) is 0 Å². The second kappa shape index (κ2) is 7.95. The number of aryl methyl sites for hydroxylation is 3. The molecule has 0 bridgehead atoms. The first kappa shape index (κ1) is 18.4. The molecule has 1 fully saturated rings. The molecule has 0 spiro atoms. The Labute approximate surface area is 163 Å². The SMILES string of the molecule is Cc1cc(C)n(CCCNC(=O)C2CCN(c3ccc4nncn4n3)CC2)n1. The molecule has 1 aliphatic heterocycles. The topological polar surface area (TPSA) is 93.2 Å². The monoisotopic (exact) mass is 382 g/mol. The summed E-state index contributed by atoms with van der Waals surface area (Å²) in [5.41, 5.74) is 2.93. The number of rotatable bonds is 6. The molecule has 0 atom stereocenters. The minimum atomic E-state index is 0.0728. The predicted octanol–water partition coefficient (Wildman–Crippen LogP) is 1.36. The molecule has 0 aromatic carbocycles. The van der Waals surface area contributed by atoms with Gasteiger partial charge in [0.25, 0.3) is 0 Å². The van der Waals surface area contributed by atoms with Gasteiger partial charge in [0.2, 0.25) is 5.91 Å². The highest BCUT2D eigenvalue weighted by Crippen LogP contribution is 2.22. The number of hydrogen-bond donors (Lipinski definition) is 1. The van der Waals surface area contributed by atoms with Crippen molar-refractivity contribution in [2.24, 2.45) is 5.92 Å². The summed E-state index contributed by atoms with van der Waals surface area (Å²) >= 11 is 0. The highest BCUT2D eigenvalue weighted by Gasteiger charge is 2.25. The van der Waals surface area contributed by atoms with Crippen LogP contribution in [0.1, 0.15) is 30.7 Å². The number of fused-ring (bicyclic) bond motifs is 1. The van der Waals surface area contributed by atoms with Gasteiger partial charge in [-0.25, -0.2) is 0 Å². The molecule has 4 rings (SSSR count). The molecule has 4 heterocycles. The minimum Gasteiger partial charge on any atom is -0.356 e. The summed E-state index contributed by atoms with van der Waals surface area (Å²) in [6, 6.07) is 5.95. The molecule has 148 valence electrons. The molecule has 1 saturated heterocycles. The molecule has 28 heavy (non-hydrogen) atoms. The van der Waals surface area contributed by atoms with Crippen LogP contribution < -0.4 is 10.2 Å². The number of nitrogens with one attached hydrogen (secondary N) is 1. The molecular weight excluding hydrogens is 356 g/mol. The molecule has 9 heteroatoms. The van der Waals surface area contributed by atoms with Gasteiger partial charge < -0.3 is 10.2 Å². The van der Waals surface area contributed by atoms with Crippen molar-refractivity contribution >= 4 is 17.4 Å². The van der Waals surface area contributed by atoms with Gasteiger partial charge in [0.15, 0.2) is 5.65 Å². The lowest BCUT2D eigenvalue weighted by Crippen LogP contribution is -2.41. The van der Waals surface area contributed by atoms with Crippen molar-refractivity contribution in [1.29, 1.82) is 0 Å². The van der Waals surface area contributed by atoms with Crippen LogP contribution in [0.2, 0.25) is 0 Å². The van der Waals surface area contributed by atoms with Crippen molar-refractivity contribution in [3.8, 4) is 0 Å². The number of carbonyl (C=O) groups excluding carboxylic acids is 1. The Balaban J connectivity index is 1.22. The van der Waals surface area contributed by atoms with Crippen LogP contribution in [0, 0.1) is 19.8 Å². The van der Waals surface area contributed by atoms with Crippen molar-refractivity contribution in [1.82, 2.24) is 34.9 Å². The van der Waals surface area contributed by atoms with Gasteiger partial charge in [0, 0.05) is 37.8 Å². The van der Waals surface area contributed by atoms with Gasteiger partial charge in [-0.1, -0.05) is 0 Å². The van der Waals surface area contributed by atoms with Crippen LogP contribution in [0.3, 0.4) is 0 Å². The van der Waals surface area contributed by atoms with Gasteiger partial charge >= 0.3 is 0 Å². The molecule has 1 amide bonds. The van der Waals surface area contributed by atoms with E-state index in [2.05, 4.69) is 43.6 Å². The van der Waals surface area contributed by atoms with Crippen LogP contribution in [0.25, 0.3) is 5.65 Å². The second-order valence-corrected chi connectivity index (χ2v) is 7.38. The van der Waals surface area contributed by atoms with Gasteiger partial charge in [-0.15, -0.1) is 15.3 Å². The summed E-state index contributed by atoms with van der Waals surface area (Å²) in [5, 5.41) is 19.9. The summed E-state index contributed by atoms with van der Waals surface area (Å²) < 4.78 is 3.68. The Morgan fingerprint density at radius 3 is 2.79 bits per heavy atom. The zero-order chi connectivity index (χ0) is 19.5. The van der Waals surface area contributed by atoms with Gasteiger partial charge in [0.1, 0.15) is 12.1 Å². The van der Waals surface area contributed by atoms with E-state index < -0.39 is 0 Å². The van der Waals surface area contributed by atoms with Crippen molar-refractivity contribution in [2.75, 3.05) is 24.5 Å². The third-order valence-corrected chi connectivity index (χ3v) is 5.29. The van der Waals surface area contributed by atoms with Crippen LogP contribution in [-0.2, 0) is 11.3 Å². The van der Waals surface area contributed by atoms with Gasteiger partial charge in [-0.3, -0.25) is 9.48 Å². The van der Waals surface area contributed by atoms with E-state index >= 15 is 0 Å². The maximum absolute atomic E-state index is 12.5. The fourth-order valence-corrected chi connectivity index (χ4v) is 3.74. The van der Waals surface area contributed by atoms with Crippen LogP contribution in [-0.4, -0.2) is 55.1 Å². The summed E-state index contributed by atoms with van der Waals surface area (Å²) in [4.78, 5) is 14.7. The molecular formula is C19H26N8O. The van der Waals surface area contributed by atoms with E-state index in [9.17, 15) is 4.79 Å². The number of hydrogen-bond acceptors (Lipinski definition) is 6. The molecule has 3 aromatic rings. The molecule has 0 unspecified atom stereocenters. The standard InChI is InChI=1S/C19H26N8O/c1-14-12-15(2)26(23-14)9-3-8-20-19(28)16-6-10-25(11-7-16)18-5-4-17-22-21-13-27(17)24-18/h4-5,12-13,16H,3,6-11H2,1-2H3,(H,20,28). The van der Waals surface area contributed by atoms with Gasteiger partial charge in [-0.2, -0.15) is 9.61 Å². The van der Waals surface area contributed by atoms with Crippen molar-refractivity contribution < 1.29 is 4.79 Å². The third-order valence-electron chi connectivity index (χ3n) is 5.29. The fraction of sp³-hybridized carbons (Fsp3) is 0.526. The number of carbonyl (C=O) groups is 1. The molecule has 0 saturated carbocycles. The molecule has 0 aliphatic carbocycles. The Morgan fingerprint density at radius 1 is 1.21 bits per heavy atom. The van der Waals surface area contributed by atoms with E-state index in [-0.39, 0.29) is 11.8 Å². The minimum absolute atomic E-state index is 0.0728. The summed E-state index contributed by atoms with van der Waals surface area (Å²) in [5.74, 6) is 1.13. The van der Waals surface area contributed by atoms with E-state index in [0.717, 1.165) is 61.7 Å². The van der Waals surface area contributed by atoms with Crippen LogP contribution in [0.5, 0.6) is 0 Å². The molecule has 1 aliphatic rings. The smallest absolute Gasteiger partial charge is 0.223 e. The second-order valence-electron chi connectivity index (χ2n) is 7.38. The zero-order valence-corrected chi connectivity index (χ0v) is 16.4. The van der Waals surface area contributed by atoms with E-state index in [1.807, 2.05) is 23.7 Å². The maximum atomic E-state index is 12.5. The maximum Gasteiger partial charge on any atom is 0.223 e. The normalized spacial score (nSPS) is 15.3. The number of aromatic nitrogens is 6. The van der Waals surface area contributed by atoms with Crippen LogP contribution in [0.4, 0.5) is 5.82 Å². The predicted molar refractivity (Wildman–Crippen MR) is 105 cm³/mol. The van der Waals surface area contributed by atoms with E-state index in [1.54, 1.807) is 10.8 Å². The van der Waals surface area contributed by atoms with E-state index in [0.29, 0.717) is 6.54 Å². The lowest BCUT2D eigenvalue weighted by Gasteiger charge is -2.32. The highest BCUT2D eigenvalue weighted by atomic mass is 16.1. The van der Waals surface area contributed by atoms with Gasteiger partial charge in [-0.05, 0) is 51.3 Å². The van der Waals surface area contributed by atoms with Crippen LogP contribution in [0.15, 0.2) is 24.5 Å². The Kier molecular flexibility index (Phi) is 5.23. The third kappa shape index (κ3) is 3.97. The Bertz CT molecular complexity index is 954. The largest absolute Gasteiger partial charge is 0.356 e. The summed E-state index contributed by atoms with van der Waals surface area (Å²) in [6.45, 7) is 7.22. The summed E-state index contributed by atoms with van der Waals surface area (Å²) in [6.07, 6.45) is 4.16. The quantitative estimate of drug-likeness (QED) is 0.647. The van der Waals surface area contributed by atoms with Crippen molar-refractivity contribution in [2.45, 2.75) is 39.7 Å². The molecule has 0 radical (unpaired) electrons. The molecule has 9 nitrogen and oxygen atoms in total. The highest BCUT2D eigenvalue weighted by molar-refractivity contribution is 5.78. The summed E-state index contributed by atoms with van der Waals surface area (Å²) in [7, 11) is 0. The fourth-order valence-electron chi connectivity index (χ4n) is 3.74. The first-order valence-electron chi connectivity index (χ1n) is 9.81. The van der Waals surface area contributed by atoms with E-state index in [1.165, 1.54) is 0 Å². The number of nitrogens with zero attached hydrogens (tertiary/aromatic N) is 7. The van der Waals surface area contributed by atoms with Crippen molar-refractivity contribution in [3.63, 3.8) is 0 Å². The first-order valence-corrected chi connectivity index (χ1v) is 9.81. The molecule has 1 N–H and O–H groups in total. The van der Waals surface area contributed by atoms with Gasteiger partial charge in [0.05, 0.1) is 5.69 Å². The lowest BCUT2D eigenvalue weighted by molar-refractivity contribution is -0.125. The Hall–Kier alpha value is -2.97.